The van der Waals surface area contributed by atoms with Gasteiger partial charge in [-0.15, -0.1) is 0 Å². The highest BCUT2D eigenvalue weighted by molar-refractivity contribution is 5.81. The van der Waals surface area contributed by atoms with Crippen molar-refractivity contribution in [2.45, 2.75) is 18.9 Å². The topological polar surface area (TPSA) is 105 Å². The monoisotopic (exact) mass is 342 g/mol. The molecule has 5 N–H and O–H groups in total. The number of nitrogens with two attached hydrogens (primary N) is 1. The number of benzene rings is 2. The predicted molar refractivity (Wildman–Crippen MR) is 95.6 cm³/mol. The van der Waals surface area contributed by atoms with Crippen LogP contribution in [0.1, 0.15) is 18.1 Å². The van der Waals surface area contributed by atoms with Gasteiger partial charge in [-0.3, -0.25) is 5.84 Å². The van der Waals surface area contributed by atoms with E-state index in [9.17, 15) is 15.0 Å². The molecule has 6 nitrogen and oxygen atoms in total. The lowest BCUT2D eigenvalue weighted by Crippen LogP contribution is -2.55. The van der Waals surface area contributed by atoms with Gasteiger partial charge in [0.1, 0.15) is 12.1 Å². The highest BCUT2D eigenvalue weighted by Gasteiger charge is 2.34. The zero-order valence-corrected chi connectivity index (χ0v) is 14.0. The van der Waals surface area contributed by atoms with Crippen LogP contribution in [-0.2, 0) is 16.0 Å². The summed E-state index contributed by atoms with van der Waals surface area (Å²) in [5.41, 5.74) is 2.96. The van der Waals surface area contributed by atoms with Gasteiger partial charge in [-0.2, -0.15) is 0 Å². The Balaban J connectivity index is 1.96. The zero-order chi connectivity index (χ0) is 18.3. The van der Waals surface area contributed by atoms with E-state index in [1.54, 1.807) is 19.1 Å². The summed E-state index contributed by atoms with van der Waals surface area (Å²) in [6, 6.07) is 14.0. The zero-order valence-electron chi connectivity index (χ0n) is 14.0. The Morgan fingerprint density at radius 1 is 1.20 bits per heavy atom. The smallest absolute Gasteiger partial charge is 0.328 e. The molecular formula is C19H22N2O4. The van der Waals surface area contributed by atoms with Crippen molar-refractivity contribution < 1.29 is 19.7 Å². The SMILES string of the molecule is C[C@@](Cc1ccc(O)c(O)c1)(NN)C(=O)OCC=Cc1ccccc1. The maximum absolute atomic E-state index is 12.4. The molecule has 0 aliphatic carbocycles. The van der Waals surface area contributed by atoms with Crippen molar-refractivity contribution in [1.82, 2.24) is 5.43 Å². The van der Waals surface area contributed by atoms with E-state index in [2.05, 4.69) is 5.43 Å². The van der Waals surface area contributed by atoms with Crippen LogP contribution in [0, 0.1) is 0 Å². The number of aromatic hydroxyl groups is 2. The lowest BCUT2D eigenvalue weighted by atomic mass is 9.93. The van der Waals surface area contributed by atoms with E-state index in [0.717, 1.165) is 5.56 Å². The minimum Gasteiger partial charge on any atom is -0.504 e. The Labute approximate surface area is 146 Å². The number of phenols is 2. The molecule has 0 unspecified atom stereocenters. The second-order valence-corrected chi connectivity index (χ2v) is 5.89. The molecule has 25 heavy (non-hydrogen) atoms. The van der Waals surface area contributed by atoms with Gasteiger partial charge in [0.25, 0.3) is 0 Å². The number of hydrogen-bond acceptors (Lipinski definition) is 6. The number of phenolic OH excluding ortho intramolecular Hbond substituents is 2. The Hall–Kier alpha value is -2.83. The van der Waals surface area contributed by atoms with E-state index in [-0.39, 0.29) is 24.5 Å². The third-order valence-corrected chi connectivity index (χ3v) is 3.79. The van der Waals surface area contributed by atoms with E-state index < -0.39 is 11.5 Å². The molecule has 0 bridgehead atoms. The van der Waals surface area contributed by atoms with Crippen LogP contribution in [0.15, 0.2) is 54.6 Å². The average molecular weight is 342 g/mol. The molecular weight excluding hydrogens is 320 g/mol. The fourth-order valence-electron chi connectivity index (χ4n) is 2.30. The molecule has 2 aromatic rings. The van der Waals surface area contributed by atoms with Crippen molar-refractivity contribution >= 4 is 12.0 Å². The molecule has 2 rings (SSSR count). The van der Waals surface area contributed by atoms with Crippen LogP contribution in [-0.4, -0.2) is 28.3 Å². The van der Waals surface area contributed by atoms with Crippen molar-refractivity contribution in [3.8, 4) is 11.5 Å². The number of rotatable bonds is 7. The van der Waals surface area contributed by atoms with E-state index in [1.165, 1.54) is 12.1 Å². The number of ether oxygens (including phenoxy) is 1. The summed E-state index contributed by atoms with van der Waals surface area (Å²) >= 11 is 0. The van der Waals surface area contributed by atoms with E-state index in [0.29, 0.717) is 5.56 Å². The fourth-order valence-corrected chi connectivity index (χ4v) is 2.30. The highest BCUT2D eigenvalue weighted by Crippen LogP contribution is 2.27. The maximum atomic E-state index is 12.4. The molecule has 0 saturated carbocycles. The summed E-state index contributed by atoms with van der Waals surface area (Å²) in [4.78, 5) is 12.4. The molecule has 0 heterocycles. The Kier molecular flexibility index (Phi) is 6.16. The normalized spacial score (nSPS) is 13.5. The average Bonchev–Trinajstić information content (AvgIpc) is 2.62. The minimum atomic E-state index is -1.16. The third-order valence-electron chi connectivity index (χ3n) is 3.79. The van der Waals surface area contributed by atoms with Crippen LogP contribution >= 0.6 is 0 Å². The Morgan fingerprint density at radius 3 is 2.56 bits per heavy atom. The molecule has 1 atom stereocenters. The van der Waals surface area contributed by atoms with E-state index in [1.807, 2.05) is 36.4 Å². The van der Waals surface area contributed by atoms with Gasteiger partial charge in [0.2, 0.25) is 0 Å². The van der Waals surface area contributed by atoms with Crippen molar-refractivity contribution in [2.24, 2.45) is 5.84 Å². The van der Waals surface area contributed by atoms with Crippen molar-refractivity contribution in [1.29, 1.82) is 0 Å². The van der Waals surface area contributed by atoms with Crippen LogP contribution < -0.4 is 11.3 Å². The summed E-state index contributed by atoms with van der Waals surface area (Å²) in [7, 11) is 0. The van der Waals surface area contributed by atoms with Gasteiger partial charge < -0.3 is 14.9 Å². The van der Waals surface area contributed by atoms with Crippen molar-refractivity contribution in [3.05, 3.63) is 65.7 Å². The molecule has 0 fully saturated rings. The summed E-state index contributed by atoms with van der Waals surface area (Å²) in [5, 5.41) is 18.9. The van der Waals surface area contributed by atoms with Crippen LogP contribution in [0.4, 0.5) is 0 Å². The first-order valence-electron chi connectivity index (χ1n) is 7.82. The molecule has 6 heteroatoms. The maximum Gasteiger partial charge on any atom is 0.328 e. The van der Waals surface area contributed by atoms with Gasteiger partial charge in [-0.1, -0.05) is 42.5 Å². The molecule has 0 aliphatic rings. The second-order valence-electron chi connectivity index (χ2n) is 5.89. The fraction of sp³-hybridized carbons (Fsp3) is 0.211. The van der Waals surface area contributed by atoms with Crippen molar-refractivity contribution in [3.63, 3.8) is 0 Å². The van der Waals surface area contributed by atoms with Crippen LogP contribution in [0.25, 0.3) is 6.08 Å². The van der Waals surface area contributed by atoms with Gasteiger partial charge >= 0.3 is 5.97 Å². The van der Waals surface area contributed by atoms with Gasteiger partial charge in [0, 0.05) is 6.42 Å². The second kappa shape index (κ2) is 8.32. The van der Waals surface area contributed by atoms with Gasteiger partial charge in [-0.05, 0) is 36.3 Å². The van der Waals surface area contributed by atoms with Crippen LogP contribution in [0.2, 0.25) is 0 Å². The number of carbonyl (C=O) groups excluding carboxylic acids is 1. The number of hydrogen-bond donors (Lipinski definition) is 4. The predicted octanol–water partition coefficient (Wildman–Crippen LogP) is 2.12. The molecule has 132 valence electrons. The van der Waals surface area contributed by atoms with Gasteiger partial charge in [0.05, 0.1) is 0 Å². The standard InChI is InChI=1S/C19H22N2O4/c1-19(21-20,13-15-9-10-16(22)17(23)12-15)18(24)25-11-5-8-14-6-3-2-4-7-14/h2-10,12,21-23H,11,13,20H2,1H3/t19-/m0/s1. The van der Waals surface area contributed by atoms with Crippen molar-refractivity contribution in [2.75, 3.05) is 6.61 Å². The molecule has 0 spiro atoms. The summed E-state index contributed by atoms with van der Waals surface area (Å²) in [6.45, 7) is 1.73. The molecule has 0 radical (unpaired) electrons. The van der Waals surface area contributed by atoms with E-state index >= 15 is 0 Å². The molecule has 0 saturated heterocycles. The van der Waals surface area contributed by atoms with Crippen LogP contribution in [0.5, 0.6) is 11.5 Å². The number of esters is 1. The molecule has 2 aromatic carbocycles. The largest absolute Gasteiger partial charge is 0.504 e. The first kappa shape index (κ1) is 18.5. The molecule has 0 amide bonds. The summed E-state index contributed by atoms with van der Waals surface area (Å²) in [5.74, 6) is 4.55. The molecule has 0 aromatic heterocycles. The van der Waals surface area contributed by atoms with Gasteiger partial charge in [-0.25, -0.2) is 10.2 Å². The first-order chi connectivity index (χ1) is 11.9. The Morgan fingerprint density at radius 2 is 1.92 bits per heavy atom. The summed E-state index contributed by atoms with van der Waals surface area (Å²) in [6.07, 6.45) is 3.80. The molecule has 0 aliphatic heterocycles. The summed E-state index contributed by atoms with van der Waals surface area (Å²) < 4.78 is 5.27. The first-order valence-corrected chi connectivity index (χ1v) is 7.82. The number of hydrazine groups is 1. The quantitative estimate of drug-likeness (QED) is 0.266. The van der Waals surface area contributed by atoms with E-state index in [4.69, 9.17) is 10.6 Å². The highest BCUT2D eigenvalue weighted by atomic mass is 16.5. The lowest BCUT2D eigenvalue weighted by molar-refractivity contribution is -0.149. The lowest BCUT2D eigenvalue weighted by Gasteiger charge is -2.26. The Bertz CT molecular complexity index is 746. The number of nitrogens with one attached hydrogen (secondary N) is 1. The van der Waals surface area contributed by atoms with Gasteiger partial charge in [0.15, 0.2) is 11.5 Å². The van der Waals surface area contributed by atoms with Crippen LogP contribution in [0.3, 0.4) is 0 Å². The minimum absolute atomic E-state index is 0.117. The third kappa shape index (κ3) is 5.07. The number of carbonyl (C=O) groups is 1.